The van der Waals surface area contributed by atoms with E-state index >= 15 is 0 Å². The van der Waals surface area contributed by atoms with Crippen LogP contribution in [0.2, 0.25) is 0 Å². The van der Waals surface area contributed by atoms with E-state index in [1.165, 1.54) is 0 Å². The monoisotopic (exact) mass is 617 g/mol. The van der Waals surface area contributed by atoms with Crippen LogP contribution < -0.4 is 10.6 Å². The number of amides is 2. The normalized spacial score (nSPS) is 18.2. The molecule has 1 saturated heterocycles. The lowest BCUT2D eigenvalue weighted by molar-refractivity contribution is -0.159. The molecule has 1 fully saturated rings. The van der Waals surface area contributed by atoms with E-state index < -0.39 is 35.3 Å². The maximum Gasteiger partial charge on any atom is 0.407 e. The van der Waals surface area contributed by atoms with E-state index in [-0.39, 0.29) is 30.9 Å². The van der Waals surface area contributed by atoms with Gasteiger partial charge in [-0.2, -0.15) is 0 Å². The molecule has 10 nitrogen and oxygen atoms in total. The van der Waals surface area contributed by atoms with Crippen LogP contribution in [0.1, 0.15) is 111 Å². The Morgan fingerprint density at radius 2 is 1.55 bits per heavy atom. The Morgan fingerprint density at radius 1 is 0.909 bits per heavy atom. The van der Waals surface area contributed by atoms with Crippen LogP contribution in [0.3, 0.4) is 0 Å². The Bertz CT molecular complexity index is 1050. The average molecular weight is 618 g/mol. The minimum absolute atomic E-state index is 0.0558. The van der Waals surface area contributed by atoms with Crippen LogP contribution in [0.5, 0.6) is 0 Å². The molecule has 248 valence electrons. The van der Waals surface area contributed by atoms with Gasteiger partial charge in [-0.25, -0.2) is 4.79 Å². The summed E-state index contributed by atoms with van der Waals surface area (Å²) in [5.74, 6) is -0.979. The molecule has 0 radical (unpaired) electrons. The number of carbonyl (C=O) groups excluding carboxylic acids is 4. The number of nitrogens with one attached hydrogen (secondary N) is 2. The zero-order chi connectivity index (χ0) is 32.8. The molecule has 1 aromatic rings. The number of benzene rings is 1. The van der Waals surface area contributed by atoms with Gasteiger partial charge < -0.3 is 24.4 Å². The summed E-state index contributed by atoms with van der Waals surface area (Å²) in [6, 6.07) is 8.75. The van der Waals surface area contributed by atoms with Gasteiger partial charge in [0.15, 0.2) is 0 Å². The van der Waals surface area contributed by atoms with Gasteiger partial charge in [0.1, 0.15) is 23.8 Å². The fourth-order valence-electron chi connectivity index (χ4n) is 5.25. The van der Waals surface area contributed by atoms with Gasteiger partial charge in [-0.15, -0.1) is 0 Å². The summed E-state index contributed by atoms with van der Waals surface area (Å²) < 4.78 is 16.1. The number of alkyl carbamates (subject to hydrolysis) is 1. The first-order valence-electron chi connectivity index (χ1n) is 16.1. The first-order valence-corrected chi connectivity index (χ1v) is 16.1. The summed E-state index contributed by atoms with van der Waals surface area (Å²) in [5, 5.41) is 6.09. The van der Waals surface area contributed by atoms with Gasteiger partial charge >= 0.3 is 18.0 Å². The highest BCUT2D eigenvalue weighted by Crippen LogP contribution is 2.28. The Hall–Kier alpha value is -3.14. The Kier molecular flexibility index (Phi) is 15.1. The highest BCUT2D eigenvalue weighted by molar-refractivity contribution is 5.87. The third-order valence-electron chi connectivity index (χ3n) is 7.18. The largest absolute Gasteiger partial charge is 0.465 e. The first-order chi connectivity index (χ1) is 20.7. The minimum Gasteiger partial charge on any atom is -0.465 e. The third kappa shape index (κ3) is 14.6. The quantitative estimate of drug-likeness (QED) is 0.151. The van der Waals surface area contributed by atoms with Gasteiger partial charge in [0.25, 0.3) is 0 Å². The molecule has 3 atom stereocenters. The molecule has 0 saturated carbocycles. The summed E-state index contributed by atoms with van der Waals surface area (Å²) in [5.41, 5.74) is -0.0699. The summed E-state index contributed by atoms with van der Waals surface area (Å²) in [7, 11) is 0. The number of hydrogen-bond donors (Lipinski definition) is 2. The molecule has 10 heteroatoms. The van der Waals surface area contributed by atoms with Gasteiger partial charge in [-0.1, -0.05) is 56.0 Å². The molecule has 0 unspecified atom stereocenters. The maximum absolute atomic E-state index is 13.8. The summed E-state index contributed by atoms with van der Waals surface area (Å²) >= 11 is 0. The van der Waals surface area contributed by atoms with E-state index in [1.807, 2.05) is 51.1 Å². The van der Waals surface area contributed by atoms with Crippen molar-refractivity contribution >= 4 is 23.9 Å². The predicted molar refractivity (Wildman–Crippen MR) is 170 cm³/mol. The van der Waals surface area contributed by atoms with Crippen LogP contribution in [-0.2, 0) is 28.6 Å². The van der Waals surface area contributed by atoms with Crippen LogP contribution in [-0.4, -0.2) is 78.4 Å². The lowest BCUT2D eigenvalue weighted by Crippen LogP contribution is -2.52. The predicted octanol–water partition coefficient (Wildman–Crippen LogP) is 5.49. The number of ether oxygens (including phenoxy) is 3. The molecule has 1 aliphatic heterocycles. The lowest BCUT2D eigenvalue weighted by Gasteiger charge is -2.29. The second kappa shape index (κ2) is 18.0. The van der Waals surface area contributed by atoms with Crippen molar-refractivity contribution in [1.82, 2.24) is 15.5 Å². The Labute approximate surface area is 263 Å². The minimum atomic E-state index is -0.661. The SMILES string of the molecule is CCOC(=O)[C@H](CCCCCCCNC(=O)OC(C)(C)C)N[C@H]1CC[C@H](c2ccccc2)CN(CC(=O)OC(C)(C)C)C1=O. The molecule has 2 rings (SSSR count). The van der Waals surface area contributed by atoms with Crippen molar-refractivity contribution in [3.05, 3.63) is 35.9 Å². The number of esters is 2. The van der Waals surface area contributed by atoms with E-state index in [4.69, 9.17) is 14.2 Å². The topological polar surface area (TPSA) is 123 Å². The lowest BCUT2D eigenvalue weighted by atomic mass is 9.93. The van der Waals surface area contributed by atoms with Crippen molar-refractivity contribution in [3.8, 4) is 0 Å². The molecule has 44 heavy (non-hydrogen) atoms. The summed E-state index contributed by atoms with van der Waals surface area (Å²) in [6.07, 6.45) is 5.81. The summed E-state index contributed by atoms with van der Waals surface area (Å²) in [4.78, 5) is 52.9. The Balaban J connectivity index is 1.99. The standard InChI is InChI=1S/C34H55N3O7/c1-8-42-31(40)28(19-15-10-9-11-16-22-35-32(41)44-34(5,6)7)36-27-21-20-26(25-17-13-12-14-18-25)23-37(30(27)39)24-29(38)43-33(2,3)4/h12-14,17-18,26-28,36H,8-11,15-16,19-24H2,1-7H3,(H,35,41)/t26-,27-,28-/m0/s1. The molecule has 2 amide bonds. The molecule has 0 bridgehead atoms. The molecule has 0 aliphatic carbocycles. The Morgan fingerprint density at radius 3 is 2.18 bits per heavy atom. The van der Waals surface area contributed by atoms with Crippen LogP contribution in [0, 0.1) is 0 Å². The number of unbranched alkanes of at least 4 members (excludes halogenated alkanes) is 4. The van der Waals surface area contributed by atoms with Crippen LogP contribution in [0.4, 0.5) is 4.79 Å². The fourth-order valence-corrected chi connectivity index (χ4v) is 5.25. The van der Waals surface area contributed by atoms with E-state index in [9.17, 15) is 19.2 Å². The van der Waals surface area contributed by atoms with Crippen molar-refractivity contribution in [2.45, 2.75) is 129 Å². The molecule has 1 aromatic carbocycles. The number of hydrogen-bond acceptors (Lipinski definition) is 8. The zero-order valence-electron chi connectivity index (χ0n) is 27.9. The molecule has 2 N–H and O–H groups in total. The first kappa shape index (κ1) is 37.0. The van der Waals surface area contributed by atoms with Crippen molar-refractivity contribution in [2.24, 2.45) is 0 Å². The fraction of sp³-hybridized carbons (Fsp3) is 0.706. The number of nitrogens with zero attached hydrogens (tertiary/aromatic N) is 1. The average Bonchev–Trinajstić information content (AvgIpc) is 3.06. The van der Waals surface area contributed by atoms with Crippen LogP contribution in [0.25, 0.3) is 0 Å². The van der Waals surface area contributed by atoms with E-state index in [0.717, 1.165) is 44.1 Å². The van der Waals surface area contributed by atoms with E-state index in [0.29, 0.717) is 25.9 Å². The van der Waals surface area contributed by atoms with Crippen molar-refractivity contribution in [2.75, 3.05) is 26.2 Å². The van der Waals surface area contributed by atoms with E-state index in [2.05, 4.69) is 10.6 Å². The van der Waals surface area contributed by atoms with E-state index in [1.54, 1.807) is 32.6 Å². The molecule has 0 spiro atoms. The number of rotatable bonds is 15. The van der Waals surface area contributed by atoms with Crippen LogP contribution in [0.15, 0.2) is 30.3 Å². The van der Waals surface area contributed by atoms with Crippen molar-refractivity contribution in [3.63, 3.8) is 0 Å². The van der Waals surface area contributed by atoms with Crippen molar-refractivity contribution < 1.29 is 33.4 Å². The smallest absolute Gasteiger partial charge is 0.407 e. The van der Waals surface area contributed by atoms with Crippen LogP contribution >= 0.6 is 0 Å². The van der Waals surface area contributed by atoms with Crippen molar-refractivity contribution in [1.29, 1.82) is 0 Å². The number of likely N-dealkylation sites (tertiary alicyclic amines) is 1. The van der Waals surface area contributed by atoms with Gasteiger partial charge in [-0.05, 0) is 79.7 Å². The van der Waals surface area contributed by atoms with Gasteiger partial charge in [-0.3, -0.25) is 19.7 Å². The molecular weight excluding hydrogens is 562 g/mol. The van der Waals surface area contributed by atoms with Gasteiger partial charge in [0.05, 0.1) is 12.6 Å². The molecule has 1 aliphatic rings. The van der Waals surface area contributed by atoms with Gasteiger partial charge in [0.2, 0.25) is 5.91 Å². The van der Waals surface area contributed by atoms with Gasteiger partial charge in [0, 0.05) is 19.0 Å². The maximum atomic E-state index is 13.8. The second-order valence-electron chi connectivity index (χ2n) is 13.5. The highest BCUT2D eigenvalue weighted by Gasteiger charge is 2.36. The number of carbonyl (C=O) groups is 4. The molecule has 1 heterocycles. The second-order valence-corrected chi connectivity index (χ2v) is 13.5. The molecular formula is C34H55N3O7. The summed E-state index contributed by atoms with van der Waals surface area (Å²) in [6.45, 7) is 13.7. The highest BCUT2D eigenvalue weighted by atomic mass is 16.6. The molecule has 0 aromatic heterocycles. The third-order valence-corrected chi connectivity index (χ3v) is 7.18. The zero-order valence-corrected chi connectivity index (χ0v) is 27.9.